The number of carboxylic acids is 1. The number of rotatable bonds is 8. The molecule has 170 valence electrons. The van der Waals surface area contributed by atoms with Crippen LogP contribution in [-0.4, -0.2) is 72.0 Å². The van der Waals surface area contributed by atoms with Gasteiger partial charge >= 0.3 is 13.1 Å². The highest BCUT2D eigenvalue weighted by molar-refractivity contribution is 6.47. The van der Waals surface area contributed by atoms with Crippen LogP contribution in [0.25, 0.3) is 0 Å². The number of benzene rings is 1. The van der Waals surface area contributed by atoms with Crippen LogP contribution in [0.5, 0.6) is 5.75 Å². The van der Waals surface area contributed by atoms with Gasteiger partial charge in [-0.25, -0.2) is 4.79 Å². The zero-order valence-corrected chi connectivity index (χ0v) is 18.1. The van der Waals surface area contributed by atoms with E-state index in [0.29, 0.717) is 11.6 Å². The molecule has 6 N–H and O–H groups in total. The zero-order valence-electron chi connectivity index (χ0n) is 18.1. The molecule has 31 heavy (non-hydrogen) atoms. The molecular weight excluding hydrogens is 401 g/mol. The SMILES string of the molecule is CNCCN[C@H]1CC[C@H](C(C)(O)C(=O)N[C@H]2Cc3cccc(C(=O)O)c3OB2O)CC1. The summed E-state index contributed by atoms with van der Waals surface area (Å²) in [6.07, 6.45) is 3.44. The molecule has 1 aliphatic heterocycles. The lowest BCUT2D eigenvalue weighted by atomic mass is 9.71. The van der Waals surface area contributed by atoms with Crippen molar-refractivity contribution in [3.63, 3.8) is 0 Å². The predicted molar refractivity (Wildman–Crippen MR) is 116 cm³/mol. The molecule has 2 aliphatic rings. The Bertz CT molecular complexity index is 797. The van der Waals surface area contributed by atoms with Crippen molar-refractivity contribution < 1.29 is 29.5 Å². The van der Waals surface area contributed by atoms with Crippen LogP contribution in [0.15, 0.2) is 18.2 Å². The molecule has 0 saturated heterocycles. The summed E-state index contributed by atoms with van der Waals surface area (Å²) in [5.41, 5.74) is -1.02. The molecule has 1 unspecified atom stereocenters. The molecule has 3 rings (SSSR count). The highest BCUT2D eigenvalue weighted by atomic mass is 16.5. The number of carbonyl (C=O) groups excluding carboxylic acids is 1. The van der Waals surface area contributed by atoms with Crippen molar-refractivity contribution in [2.45, 2.75) is 56.6 Å². The third-order valence-corrected chi connectivity index (χ3v) is 6.46. The number of fused-ring (bicyclic) bond motifs is 1. The Morgan fingerprint density at radius 2 is 1.94 bits per heavy atom. The summed E-state index contributed by atoms with van der Waals surface area (Å²) in [5.74, 6) is -2.54. The van der Waals surface area contributed by atoms with Crippen molar-refractivity contribution in [3.05, 3.63) is 29.3 Å². The Morgan fingerprint density at radius 1 is 1.23 bits per heavy atom. The fourth-order valence-electron chi connectivity index (χ4n) is 4.48. The van der Waals surface area contributed by atoms with Crippen molar-refractivity contribution in [1.29, 1.82) is 0 Å². The zero-order chi connectivity index (χ0) is 22.6. The third kappa shape index (κ3) is 5.38. The van der Waals surface area contributed by atoms with Gasteiger partial charge in [0.25, 0.3) is 5.91 Å². The number of para-hydroxylation sites is 1. The summed E-state index contributed by atoms with van der Waals surface area (Å²) in [6.45, 7) is 3.30. The summed E-state index contributed by atoms with van der Waals surface area (Å²) in [5, 5.41) is 39.9. The van der Waals surface area contributed by atoms with Crippen molar-refractivity contribution in [1.82, 2.24) is 16.0 Å². The van der Waals surface area contributed by atoms with Crippen molar-refractivity contribution in [3.8, 4) is 5.75 Å². The number of hydrogen-bond donors (Lipinski definition) is 6. The second-order valence-electron chi connectivity index (χ2n) is 8.65. The van der Waals surface area contributed by atoms with Crippen LogP contribution in [0.1, 0.15) is 48.5 Å². The smallest absolute Gasteiger partial charge is 0.534 e. The summed E-state index contributed by atoms with van der Waals surface area (Å²) < 4.78 is 5.42. The van der Waals surface area contributed by atoms with E-state index in [1.54, 1.807) is 12.1 Å². The Hall–Kier alpha value is -2.14. The molecule has 1 aromatic carbocycles. The van der Waals surface area contributed by atoms with E-state index in [4.69, 9.17) is 4.65 Å². The molecule has 1 amide bonds. The van der Waals surface area contributed by atoms with Crippen LogP contribution in [0.4, 0.5) is 0 Å². The lowest BCUT2D eigenvalue weighted by Gasteiger charge is -2.38. The molecule has 0 radical (unpaired) electrons. The molecule has 2 atom stereocenters. The minimum atomic E-state index is -1.57. The van der Waals surface area contributed by atoms with E-state index in [1.807, 2.05) is 7.05 Å². The van der Waals surface area contributed by atoms with Crippen LogP contribution in [0.2, 0.25) is 0 Å². The number of aliphatic hydroxyl groups is 1. The normalized spacial score (nSPS) is 25.2. The molecule has 1 aromatic rings. The number of amides is 1. The lowest BCUT2D eigenvalue weighted by molar-refractivity contribution is -0.145. The third-order valence-electron chi connectivity index (χ3n) is 6.46. The van der Waals surface area contributed by atoms with Gasteiger partial charge in [0.2, 0.25) is 0 Å². The van der Waals surface area contributed by atoms with E-state index < -0.39 is 30.5 Å². The van der Waals surface area contributed by atoms with Crippen LogP contribution >= 0.6 is 0 Å². The van der Waals surface area contributed by atoms with E-state index in [9.17, 15) is 24.8 Å². The van der Waals surface area contributed by atoms with E-state index in [0.717, 1.165) is 38.8 Å². The maximum Gasteiger partial charge on any atom is 0.547 e. The lowest BCUT2D eigenvalue weighted by Crippen LogP contribution is -2.59. The molecule has 1 saturated carbocycles. The first-order valence-electron chi connectivity index (χ1n) is 10.8. The molecular formula is C21H32BN3O6. The van der Waals surface area contributed by atoms with Gasteiger partial charge in [0.15, 0.2) is 0 Å². The number of carbonyl (C=O) groups is 2. The average Bonchev–Trinajstić information content (AvgIpc) is 2.74. The standard InChI is InChI=1S/C21H32BN3O6/c1-21(29,14-6-8-15(9-7-14)24-11-10-23-2)20(28)25-17-12-13-4-3-5-16(19(26)27)18(13)31-22(17)30/h3-5,14-15,17,23-24,29-30H,6-12H2,1-2H3,(H,25,28)(H,26,27)/t14-,15-,17-,21?/m0/s1. The van der Waals surface area contributed by atoms with Crippen LogP contribution in [0.3, 0.4) is 0 Å². The summed E-state index contributed by atoms with van der Waals surface area (Å²) in [6, 6.07) is 5.09. The summed E-state index contributed by atoms with van der Waals surface area (Å²) in [4.78, 5) is 24.3. The molecule has 1 aliphatic carbocycles. The van der Waals surface area contributed by atoms with E-state index >= 15 is 0 Å². The van der Waals surface area contributed by atoms with E-state index in [2.05, 4.69) is 16.0 Å². The van der Waals surface area contributed by atoms with Gasteiger partial charge < -0.3 is 35.8 Å². The second-order valence-corrected chi connectivity index (χ2v) is 8.65. The minimum Gasteiger partial charge on any atom is -0.534 e. The van der Waals surface area contributed by atoms with Crippen molar-refractivity contribution in [2.75, 3.05) is 20.1 Å². The number of nitrogens with one attached hydrogen (secondary N) is 3. The number of likely N-dealkylation sites (N-methyl/N-ethyl adjacent to an activating group) is 1. The first kappa shape index (κ1) is 23.5. The van der Waals surface area contributed by atoms with Crippen molar-refractivity contribution in [2.24, 2.45) is 5.92 Å². The van der Waals surface area contributed by atoms with Crippen LogP contribution in [-0.2, 0) is 11.2 Å². The predicted octanol–water partition coefficient (Wildman–Crippen LogP) is -0.0570. The van der Waals surface area contributed by atoms with Gasteiger partial charge in [-0.1, -0.05) is 12.1 Å². The van der Waals surface area contributed by atoms with Gasteiger partial charge in [0.05, 0.1) is 11.5 Å². The van der Waals surface area contributed by atoms with E-state index in [-0.39, 0.29) is 23.7 Å². The van der Waals surface area contributed by atoms with Gasteiger partial charge in [-0.15, -0.1) is 0 Å². The van der Waals surface area contributed by atoms with Crippen LogP contribution < -0.4 is 20.6 Å². The van der Waals surface area contributed by atoms with Crippen molar-refractivity contribution >= 4 is 19.0 Å². The minimum absolute atomic E-state index is 0.0339. The molecule has 9 nitrogen and oxygen atoms in total. The largest absolute Gasteiger partial charge is 0.547 e. The fourth-order valence-corrected chi connectivity index (χ4v) is 4.48. The molecule has 0 bridgehead atoms. The number of aromatic carboxylic acids is 1. The topological polar surface area (TPSA) is 140 Å². The van der Waals surface area contributed by atoms with E-state index in [1.165, 1.54) is 13.0 Å². The molecule has 0 aromatic heterocycles. The Kier molecular flexibility index (Phi) is 7.58. The first-order chi connectivity index (χ1) is 14.7. The molecule has 1 fully saturated rings. The summed E-state index contributed by atoms with van der Waals surface area (Å²) in [7, 11) is 0.506. The van der Waals surface area contributed by atoms with Gasteiger partial charge in [0.1, 0.15) is 11.4 Å². The maximum absolute atomic E-state index is 12.9. The number of hydrogen-bond acceptors (Lipinski definition) is 7. The maximum atomic E-state index is 12.9. The summed E-state index contributed by atoms with van der Waals surface area (Å²) >= 11 is 0. The highest BCUT2D eigenvalue weighted by Crippen LogP contribution is 2.34. The fraction of sp³-hybridized carbons (Fsp3) is 0.619. The second kappa shape index (κ2) is 9.99. The Balaban J connectivity index is 1.59. The van der Waals surface area contributed by atoms with Gasteiger partial charge in [-0.05, 0) is 63.6 Å². The van der Waals surface area contributed by atoms with Gasteiger partial charge in [-0.3, -0.25) is 4.79 Å². The first-order valence-corrected chi connectivity index (χ1v) is 10.8. The molecule has 10 heteroatoms. The average molecular weight is 433 g/mol. The molecule has 1 heterocycles. The molecule has 0 spiro atoms. The Morgan fingerprint density at radius 3 is 2.58 bits per heavy atom. The van der Waals surface area contributed by atoms with Gasteiger partial charge in [-0.2, -0.15) is 0 Å². The number of carboxylic acid groups (broad SMARTS) is 1. The highest BCUT2D eigenvalue weighted by Gasteiger charge is 2.45. The quantitative estimate of drug-likeness (QED) is 0.248. The van der Waals surface area contributed by atoms with Gasteiger partial charge in [0, 0.05) is 19.1 Å². The van der Waals surface area contributed by atoms with Crippen LogP contribution in [0, 0.1) is 5.92 Å². The Labute approximate surface area is 182 Å². The monoisotopic (exact) mass is 433 g/mol.